The molecule has 1 amide bonds. The van der Waals surface area contributed by atoms with Crippen LogP contribution in [0.4, 0.5) is 5.69 Å². The fourth-order valence-corrected chi connectivity index (χ4v) is 5.38. The second-order valence-electron chi connectivity index (χ2n) is 7.02. The van der Waals surface area contributed by atoms with Crippen LogP contribution >= 0.6 is 12.4 Å². The number of nitrogens with one attached hydrogen (secondary N) is 1. The summed E-state index contributed by atoms with van der Waals surface area (Å²) >= 11 is 0. The summed E-state index contributed by atoms with van der Waals surface area (Å²) < 4.78 is 31.2. The molecule has 1 aliphatic carbocycles. The number of benzene rings is 1. The second-order valence-corrected chi connectivity index (χ2v) is 9.27. The molecule has 1 heterocycles. The number of unbranched alkanes of at least 4 members (excludes halogenated alkanes) is 1. The average molecular weight is 434 g/mol. The van der Waals surface area contributed by atoms with Crippen LogP contribution in [0.2, 0.25) is 0 Å². The molecule has 28 heavy (non-hydrogen) atoms. The summed E-state index contributed by atoms with van der Waals surface area (Å²) in [7, 11) is -3.77. The van der Waals surface area contributed by atoms with Gasteiger partial charge in [0.05, 0.1) is 6.61 Å². The Morgan fingerprint density at radius 1 is 1.18 bits per heavy atom. The molecule has 1 saturated carbocycles. The van der Waals surface area contributed by atoms with E-state index in [1.54, 1.807) is 0 Å². The summed E-state index contributed by atoms with van der Waals surface area (Å²) in [6.45, 7) is 4.55. The summed E-state index contributed by atoms with van der Waals surface area (Å²) in [6, 6.07) is 7.82. The molecule has 0 bridgehead atoms. The van der Waals surface area contributed by atoms with Gasteiger partial charge in [-0.05, 0) is 43.5 Å². The van der Waals surface area contributed by atoms with Gasteiger partial charge in [0.25, 0.3) is 5.91 Å². The third-order valence-electron chi connectivity index (χ3n) is 5.26. The Morgan fingerprint density at radius 3 is 2.29 bits per heavy atom. The lowest BCUT2D eigenvalue weighted by atomic mass is 10.2. The average Bonchev–Trinajstić information content (AvgIpc) is 3.51. The molecule has 0 atom stereocenters. The molecule has 1 aliphatic heterocycles. The van der Waals surface area contributed by atoms with E-state index in [9.17, 15) is 13.2 Å². The maximum atomic E-state index is 12.8. The highest BCUT2D eigenvalue weighted by Gasteiger charge is 2.63. The minimum atomic E-state index is -3.77. The molecule has 0 unspecified atom stereocenters. The molecule has 158 valence electrons. The minimum absolute atomic E-state index is 0. The predicted molar refractivity (Wildman–Crippen MR) is 109 cm³/mol. The minimum Gasteiger partial charge on any atom is -0.494 e. The van der Waals surface area contributed by atoms with Gasteiger partial charge in [0.2, 0.25) is 10.0 Å². The van der Waals surface area contributed by atoms with Crippen molar-refractivity contribution < 1.29 is 23.2 Å². The van der Waals surface area contributed by atoms with E-state index in [4.69, 9.17) is 9.94 Å². The quantitative estimate of drug-likeness (QED) is 0.368. The Hall–Kier alpha value is -1.55. The van der Waals surface area contributed by atoms with Gasteiger partial charge in [-0.3, -0.25) is 10.0 Å². The zero-order valence-corrected chi connectivity index (χ0v) is 17.6. The number of anilines is 1. The van der Waals surface area contributed by atoms with E-state index >= 15 is 0 Å². The summed E-state index contributed by atoms with van der Waals surface area (Å²) in [6.07, 6.45) is 2.61. The van der Waals surface area contributed by atoms with Gasteiger partial charge in [-0.1, -0.05) is 13.3 Å². The Morgan fingerprint density at radius 2 is 1.79 bits per heavy atom. The summed E-state index contributed by atoms with van der Waals surface area (Å²) in [5, 5.41) is 8.85. The third-order valence-corrected chi connectivity index (χ3v) is 7.89. The van der Waals surface area contributed by atoms with E-state index in [2.05, 4.69) is 11.8 Å². The number of carbonyl (C=O) groups is 1. The number of hydroxylamine groups is 1. The number of carbonyl (C=O) groups excluding carboxylic acids is 1. The number of rotatable bonds is 8. The van der Waals surface area contributed by atoms with Gasteiger partial charge < -0.3 is 9.64 Å². The Bertz CT molecular complexity index is 760. The van der Waals surface area contributed by atoms with Crippen LogP contribution in [-0.2, 0) is 14.8 Å². The van der Waals surface area contributed by atoms with Gasteiger partial charge in [0.15, 0.2) is 4.75 Å². The lowest BCUT2D eigenvalue weighted by Gasteiger charge is -2.36. The summed E-state index contributed by atoms with van der Waals surface area (Å²) in [5.74, 6) is 0.00250. The van der Waals surface area contributed by atoms with Crippen molar-refractivity contribution >= 4 is 34.0 Å². The van der Waals surface area contributed by atoms with E-state index in [0.29, 0.717) is 32.8 Å². The van der Waals surface area contributed by atoms with E-state index in [1.807, 2.05) is 24.3 Å². The van der Waals surface area contributed by atoms with Gasteiger partial charge in [0.1, 0.15) is 5.75 Å². The van der Waals surface area contributed by atoms with Crippen molar-refractivity contribution in [3.63, 3.8) is 0 Å². The number of piperazine rings is 1. The number of hydrogen-bond donors (Lipinski definition) is 2. The molecule has 2 aliphatic rings. The summed E-state index contributed by atoms with van der Waals surface area (Å²) in [4.78, 5) is 13.9. The van der Waals surface area contributed by atoms with Crippen LogP contribution in [0.5, 0.6) is 5.75 Å². The topological polar surface area (TPSA) is 99.2 Å². The first kappa shape index (κ1) is 22.7. The van der Waals surface area contributed by atoms with Crippen molar-refractivity contribution in [1.82, 2.24) is 9.79 Å². The van der Waals surface area contributed by atoms with Gasteiger partial charge >= 0.3 is 0 Å². The maximum absolute atomic E-state index is 12.8. The van der Waals surface area contributed by atoms with Crippen molar-refractivity contribution in [3.05, 3.63) is 24.3 Å². The molecule has 0 aromatic heterocycles. The fraction of sp³-hybridized carbons (Fsp3) is 0.611. The fourth-order valence-electron chi connectivity index (χ4n) is 3.34. The Balaban J connectivity index is 0.00000280. The van der Waals surface area contributed by atoms with Crippen molar-refractivity contribution in [2.45, 2.75) is 37.4 Å². The number of amides is 1. The molecule has 0 radical (unpaired) electrons. The first-order valence-corrected chi connectivity index (χ1v) is 10.8. The van der Waals surface area contributed by atoms with Crippen LogP contribution in [0.1, 0.15) is 32.6 Å². The second kappa shape index (κ2) is 9.30. The molecule has 10 heteroatoms. The molecule has 2 N–H and O–H groups in total. The van der Waals surface area contributed by atoms with E-state index < -0.39 is 20.7 Å². The monoisotopic (exact) mass is 433 g/mol. The smallest absolute Gasteiger partial charge is 0.266 e. The van der Waals surface area contributed by atoms with Gasteiger partial charge in [0, 0.05) is 31.9 Å². The van der Waals surface area contributed by atoms with Crippen LogP contribution in [-0.4, -0.2) is 61.4 Å². The number of halogens is 1. The van der Waals surface area contributed by atoms with Crippen LogP contribution in [0, 0.1) is 0 Å². The SMILES string of the molecule is CCCCOc1ccc(N2CCN(S(=O)(=O)C3(C(=O)NO)CC3)CC2)cc1.Cl. The Labute approximate surface area is 172 Å². The van der Waals surface area contributed by atoms with Gasteiger partial charge in [-0.25, -0.2) is 13.9 Å². The zero-order chi connectivity index (χ0) is 19.5. The molecule has 3 rings (SSSR count). The number of ether oxygens (including phenoxy) is 1. The standard InChI is InChI=1S/C18H27N3O5S.ClH/c1-2-3-14-26-16-6-4-15(5-7-16)20-10-12-21(13-11-20)27(24,25)18(8-9-18)17(22)19-23;/h4-7,23H,2-3,8-14H2,1H3,(H,19,22);1H. The van der Waals surface area contributed by atoms with E-state index in [-0.39, 0.29) is 25.2 Å². The van der Waals surface area contributed by atoms with Crippen LogP contribution in [0.3, 0.4) is 0 Å². The molecule has 0 spiro atoms. The highest BCUT2D eigenvalue weighted by molar-refractivity contribution is 7.91. The molecular formula is C18H28ClN3O5S. The highest BCUT2D eigenvalue weighted by Crippen LogP contribution is 2.45. The van der Waals surface area contributed by atoms with Gasteiger partial charge in [-0.15, -0.1) is 12.4 Å². The maximum Gasteiger partial charge on any atom is 0.266 e. The largest absolute Gasteiger partial charge is 0.494 e. The van der Waals surface area contributed by atoms with Crippen molar-refractivity contribution in [1.29, 1.82) is 0 Å². The van der Waals surface area contributed by atoms with Crippen LogP contribution in [0.15, 0.2) is 24.3 Å². The molecule has 8 nitrogen and oxygen atoms in total. The predicted octanol–water partition coefficient (Wildman–Crippen LogP) is 1.78. The molecule has 1 aromatic rings. The highest BCUT2D eigenvalue weighted by atomic mass is 35.5. The third kappa shape index (κ3) is 4.37. The van der Waals surface area contributed by atoms with Crippen LogP contribution in [0.25, 0.3) is 0 Å². The lowest BCUT2D eigenvalue weighted by molar-refractivity contribution is -0.129. The molecule has 1 saturated heterocycles. The molecule has 1 aromatic carbocycles. The normalized spacial score (nSPS) is 18.9. The summed E-state index contributed by atoms with van der Waals surface area (Å²) in [5.41, 5.74) is 2.52. The molecular weight excluding hydrogens is 406 g/mol. The van der Waals surface area contributed by atoms with Crippen molar-refractivity contribution in [2.24, 2.45) is 0 Å². The van der Waals surface area contributed by atoms with Crippen LogP contribution < -0.4 is 15.1 Å². The number of sulfonamides is 1. The molecule has 2 fully saturated rings. The Kier molecular flexibility index (Phi) is 7.55. The van der Waals surface area contributed by atoms with E-state index in [0.717, 1.165) is 24.3 Å². The first-order chi connectivity index (χ1) is 12.9. The van der Waals surface area contributed by atoms with Crippen molar-refractivity contribution in [3.8, 4) is 5.75 Å². The zero-order valence-electron chi connectivity index (χ0n) is 16.0. The number of nitrogens with zero attached hydrogens (tertiary/aromatic N) is 2. The van der Waals surface area contributed by atoms with E-state index in [1.165, 1.54) is 9.79 Å². The number of hydrogen-bond acceptors (Lipinski definition) is 6. The van der Waals surface area contributed by atoms with Crippen molar-refractivity contribution in [2.75, 3.05) is 37.7 Å². The first-order valence-electron chi connectivity index (χ1n) is 9.36. The lowest BCUT2D eigenvalue weighted by Crippen LogP contribution is -2.54. The van der Waals surface area contributed by atoms with Gasteiger partial charge in [-0.2, -0.15) is 4.31 Å².